The molecule has 2 aliphatic rings. The quantitative estimate of drug-likeness (QED) is 0.659. The Morgan fingerprint density at radius 1 is 1.16 bits per heavy atom. The van der Waals surface area contributed by atoms with Crippen LogP contribution in [-0.4, -0.2) is 45.5 Å². The Bertz CT molecular complexity index is 1020. The zero-order valence-electron chi connectivity index (χ0n) is 17.8. The topological polar surface area (TPSA) is 110 Å². The maximum atomic E-state index is 13.0. The Hall–Kier alpha value is -2.58. The van der Waals surface area contributed by atoms with Gasteiger partial charge in [0.25, 0.3) is 5.91 Å². The summed E-state index contributed by atoms with van der Waals surface area (Å²) in [6, 6.07) is 5.62. The zero-order chi connectivity index (χ0) is 23.0. The van der Waals surface area contributed by atoms with Crippen molar-refractivity contribution in [1.82, 2.24) is 15.3 Å². The molecule has 4 rings (SSSR count). The fourth-order valence-corrected chi connectivity index (χ4v) is 4.90. The number of aromatic nitrogens is 2. The Morgan fingerprint density at radius 2 is 1.84 bits per heavy atom. The van der Waals surface area contributed by atoms with Gasteiger partial charge in [-0.15, -0.1) is 0 Å². The van der Waals surface area contributed by atoms with E-state index >= 15 is 0 Å². The van der Waals surface area contributed by atoms with Crippen LogP contribution in [0.1, 0.15) is 49.9 Å². The molecule has 8 nitrogen and oxygen atoms in total. The molecule has 2 amide bonds. The van der Waals surface area contributed by atoms with Crippen molar-refractivity contribution in [2.75, 3.05) is 4.90 Å². The summed E-state index contributed by atoms with van der Waals surface area (Å²) in [6.07, 6.45) is 6.60. The summed E-state index contributed by atoms with van der Waals surface area (Å²) >= 11 is 12.0. The van der Waals surface area contributed by atoms with Crippen LogP contribution in [0.25, 0.3) is 0 Å². The number of fused-ring (bicyclic) bond motifs is 2. The van der Waals surface area contributed by atoms with Crippen molar-refractivity contribution in [3.8, 4) is 5.88 Å². The molecule has 0 aromatic carbocycles. The number of carbonyl (C=O) groups is 2. The van der Waals surface area contributed by atoms with Crippen molar-refractivity contribution >= 4 is 40.8 Å². The monoisotopic (exact) mass is 477 g/mol. The average molecular weight is 478 g/mol. The molecule has 2 aromatic heterocycles. The largest absolute Gasteiger partial charge is 0.460 e. The minimum atomic E-state index is -1.16. The standard InChI is InChI=1S/C22H25Cl2N5O3/c1-22(2,32-20-17(24)7-13(23)11-27-20)21(31)28-14-8-15-4-5-16(9-14)29(15)18-6-3-12(10-26-18)19(25)30/h3,6-7,10-11,14-16H,4-5,8-9H2,1-2H3,(H2,25,30)(H,28,31)/t14-,15+,16-. The Balaban J connectivity index is 1.40. The number of carbonyl (C=O) groups excluding carboxylic acids is 2. The summed E-state index contributed by atoms with van der Waals surface area (Å²) in [5.74, 6) is 0.274. The van der Waals surface area contributed by atoms with Gasteiger partial charge in [-0.3, -0.25) is 9.59 Å². The molecule has 3 atom stereocenters. The van der Waals surface area contributed by atoms with E-state index in [1.54, 1.807) is 19.9 Å². The molecule has 2 bridgehead atoms. The molecule has 2 saturated heterocycles. The van der Waals surface area contributed by atoms with E-state index in [2.05, 4.69) is 20.2 Å². The number of hydrogen-bond acceptors (Lipinski definition) is 6. The molecule has 0 spiro atoms. The van der Waals surface area contributed by atoms with E-state index in [1.807, 2.05) is 6.07 Å². The number of anilines is 1. The number of ether oxygens (including phenoxy) is 1. The molecule has 170 valence electrons. The highest BCUT2D eigenvalue weighted by Crippen LogP contribution is 2.39. The molecule has 0 aliphatic carbocycles. The molecular formula is C22H25Cl2N5O3. The smallest absolute Gasteiger partial charge is 0.263 e. The van der Waals surface area contributed by atoms with Gasteiger partial charge >= 0.3 is 0 Å². The predicted octanol–water partition coefficient (Wildman–Crippen LogP) is 3.36. The Labute approximate surface area is 196 Å². The zero-order valence-corrected chi connectivity index (χ0v) is 19.4. The lowest BCUT2D eigenvalue weighted by atomic mass is 9.96. The van der Waals surface area contributed by atoms with Crippen LogP contribution in [0.5, 0.6) is 5.88 Å². The summed E-state index contributed by atoms with van der Waals surface area (Å²) in [6.45, 7) is 3.37. The third-order valence-corrected chi connectivity index (χ3v) is 6.52. The number of piperidine rings is 1. The maximum absolute atomic E-state index is 13.0. The van der Waals surface area contributed by atoms with E-state index in [0.29, 0.717) is 10.6 Å². The maximum Gasteiger partial charge on any atom is 0.263 e. The molecule has 2 aromatic rings. The van der Waals surface area contributed by atoms with Crippen LogP contribution in [0.15, 0.2) is 30.6 Å². The van der Waals surface area contributed by atoms with Crippen molar-refractivity contribution in [1.29, 1.82) is 0 Å². The molecule has 0 radical (unpaired) electrons. The molecule has 4 heterocycles. The first-order valence-electron chi connectivity index (χ1n) is 10.5. The van der Waals surface area contributed by atoms with Gasteiger partial charge in [0.1, 0.15) is 10.8 Å². The van der Waals surface area contributed by atoms with Gasteiger partial charge in [-0.1, -0.05) is 23.2 Å². The average Bonchev–Trinajstić information content (AvgIpc) is 3.00. The second-order valence-corrected chi connectivity index (χ2v) is 9.60. The third kappa shape index (κ3) is 4.61. The number of rotatable bonds is 6. The first-order chi connectivity index (χ1) is 15.1. The van der Waals surface area contributed by atoms with Gasteiger partial charge < -0.3 is 20.7 Å². The van der Waals surface area contributed by atoms with E-state index in [-0.39, 0.29) is 34.9 Å². The Morgan fingerprint density at radius 3 is 2.41 bits per heavy atom. The molecule has 0 unspecified atom stereocenters. The molecule has 3 N–H and O–H groups in total. The molecule has 2 fully saturated rings. The first kappa shape index (κ1) is 22.6. The normalized spacial score (nSPS) is 22.5. The van der Waals surface area contributed by atoms with E-state index in [4.69, 9.17) is 33.7 Å². The van der Waals surface area contributed by atoms with Crippen molar-refractivity contribution in [2.45, 2.75) is 63.3 Å². The Kier molecular flexibility index (Phi) is 6.18. The molecular weight excluding hydrogens is 453 g/mol. The molecule has 32 heavy (non-hydrogen) atoms. The van der Waals surface area contributed by atoms with Gasteiger partial charge in [0, 0.05) is 30.5 Å². The molecule has 10 heteroatoms. The van der Waals surface area contributed by atoms with Gasteiger partial charge in [-0.05, 0) is 57.7 Å². The number of hydrogen-bond donors (Lipinski definition) is 2. The SMILES string of the molecule is CC(C)(Oc1ncc(Cl)cc1Cl)C(=O)N[C@H]1C[C@H]2CC[C@@H](C1)N2c1ccc(C(N)=O)cn1. The van der Waals surface area contributed by atoms with Crippen LogP contribution in [0, 0.1) is 0 Å². The summed E-state index contributed by atoms with van der Waals surface area (Å²) in [7, 11) is 0. The number of amides is 2. The highest BCUT2D eigenvalue weighted by molar-refractivity contribution is 6.35. The number of pyridine rings is 2. The third-order valence-electron chi connectivity index (χ3n) is 6.04. The van der Waals surface area contributed by atoms with Crippen LogP contribution < -0.4 is 20.7 Å². The van der Waals surface area contributed by atoms with Crippen LogP contribution >= 0.6 is 23.2 Å². The van der Waals surface area contributed by atoms with Gasteiger partial charge in [0.15, 0.2) is 5.60 Å². The van der Waals surface area contributed by atoms with Crippen molar-refractivity contribution in [2.24, 2.45) is 5.73 Å². The van der Waals surface area contributed by atoms with Gasteiger partial charge in [-0.25, -0.2) is 9.97 Å². The highest BCUT2D eigenvalue weighted by atomic mass is 35.5. The van der Waals surface area contributed by atoms with Crippen molar-refractivity contribution in [3.63, 3.8) is 0 Å². The minimum absolute atomic E-state index is 0.0256. The van der Waals surface area contributed by atoms with Gasteiger partial charge in [-0.2, -0.15) is 0 Å². The molecule has 0 saturated carbocycles. The van der Waals surface area contributed by atoms with E-state index in [9.17, 15) is 9.59 Å². The van der Waals surface area contributed by atoms with E-state index in [0.717, 1.165) is 31.5 Å². The van der Waals surface area contributed by atoms with Crippen molar-refractivity contribution < 1.29 is 14.3 Å². The number of primary amides is 1. The van der Waals surface area contributed by atoms with Crippen LogP contribution in [0.4, 0.5) is 5.82 Å². The second kappa shape index (κ2) is 8.75. The second-order valence-electron chi connectivity index (χ2n) is 8.76. The number of nitrogens with two attached hydrogens (primary N) is 1. The fourth-order valence-electron chi connectivity index (χ4n) is 4.48. The number of nitrogens with one attached hydrogen (secondary N) is 1. The van der Waals surface area contributed by atoms with E-state index < -0.39 is 11.5 Å². The number of nitrogens with zero attached hydrogens (tertiary/aromatic N) is 3. The van der Waals surface area contributed by atoms with Crippen LogP contribution in [0.3, 0.4) is 0 Å². The van der Waals surface area contributed by atoms with Crippen LogP contribution in [-0.2, 0) is 4.79 Å². The van der Waals surface area contributed by atoms with E-state index in [1.165, 1.54) is 18.5 Å². The fraction of sp³-hybridized carbons (Fsp3) is 0.455. The summed E-state index contributed by atoms with van der Waals surface area (Å²) in [5, 5.41) is 3.78. The first-order valence-corrected chi connectivity index (χ1v) is 11.2. The predicted molar refractivity (Wildman–Crippen MR) is 122 cm³/mol. The summed E-state index contributed by atoms with van der Waals surface area (Å²) < 4.78 is 5.81. The van der Waals surface area contributed by atoms with Gasteiger partial charge in [0.2, 0.25) is 11.8 Å². The molecule has 2 aliphatic heterocycles. The van der Waals surface area contributed by atoms with Crippen molar-refractivity contribution in [3.05, 3.63) is 46.2 Å². The minimum Gasteiger partial charge on any atom is -0.460 e. The lowest BCUT2D eigenvalue weighted by molar-refractivity contribution is -0.135. The summed E-state index contributed by atoms with van der Waals surface area (Å²) in [5.41, 5.74) is 4.54. The van der Waals surface area contributed by atoms with Crippen LogP contribution in [0.2, 0.25) is 10.0 Å². The number of halogens is 2. The summed E-state index contributed by atoms with van der Waals surface area (Å²) in [4.78, 5) is 35.1. The highest BCUT2D eigenvalue weighted by Gasteiger charge is 2.43. The lowest BCUT2D eigenvalue weighted by Gasteiger charge is -2.40. The lowest BCUT2D eigenvalue weighted by Crippen LogP contribution is -2.55. The van der Waals surface area contributed by atoms with Gasteiger partial charge in [0.05, 0.1) is 10.6 Å².